The van der Waals surface area contributed by atoms with Gasteiger partial charge in [-0.3, -0.25) is 4.98 Å². The first-order valence-electron chi connectivity index (χ1n) is 9.07. The Morgan fingerprint density at radius 1 is 1.18 bits per heavy atom. The van der Waals surface area contributed by atoms with Gasteiger partial charge in [0.1, 0.15) is 11.3 Å². The summed E-state index contributed by atoms with van der Waals surface area (Å²) in [6.45, 7) is 12.0. The van der Waals surface area contributed by atoms with Crippen LogP contribution in [0.3, 0.4) is 0 Å². The van der Waals surface area contributed by atoms with E-state index in [1.165, 1.54) is 0 Å². The molecule has 0 saturated heterocycles. The van der Waals surface area contributed by atoms with Gasteiger partial charge in [-0.25, -0.2) is 9.98 Å². The van der Waals surface area contributed by atoms with E-state index < -0.39 is 5.60 Å². The zero-order valence-corrected chi connectivity index (χ0v) is 17.2. The summed E-state index contributed by atoms with van der Waals surface area (Å²) in [4.78, 5) is 15.4. The predicted molar refractivity (Wildman–Crippen MR) is 111 cm³/mol. The lowest BCUT2D eigenvalue weighted by Gasteiger charge is -2.36. The molecule has 0 fully saturated rings. The van der Waals surface area contributed by atoms with Crippen molar-refractivity contribution in [2.75, 3.05) is 19.5 Å². The number of guanidine groups is 1. The summed E-state index contributed by atoms with van der Waals surface area (Å²) >= 11 is 0. The Morgan fingerprint density at radius 3 is 2.46 bits per heavy atom. The minimum absolute atomic E-state index is 0.279. The minimum Gasteiger partial charge on any atom is -0.481 e. The van der Waals surface area contributed by atoms with Gasteiger partial charge in [0, 0.05) is 42.3 Å². The number of fused-ring (bicyclic) bond motifs is 1. The van der Waals surface area contributed by atoms with Crippen LogP contribution in [0.4, 0.5) is 5.69 Å². The molecule has 0 aliphatic carbocycles. The molecule has 7 nitrogen and oxygen atoms in total. The number of aliphatic hydroxyl groups is 1. The van der Waals surface area contributed by atoms with E-state index in [9.17, 15) is 5.11 Å². The monoisotopic (exact) mass is 381 g/mol. The molecule has 1 aliphatic heterocycles. The number of hydrogen-bond acceptors (Lipinski definition) is 5. The molecule has 1 unspecified atom stereocenters. The third-order valence-corrected chi connectivity index (χ3v) is 4.63. The van der Waals surface area contributed by atoms with Gasteiger partial charge in [-0.05, 0) is 39.8 Å². The van der Waals surface area contributed by atoms with Gasteiger partial charge in [0.15, 0.2) is 0 Å². The van der Waals surface area contributed by atoms with Crippen molar-refractivity contribution in [2.45, 2.75) is 38.8 Å². The molecule has 0 radical (unpaired) electrons. The normalized spacial score (nSPS) is 17.8. The van der Waals surface area contributed by atoms with E-state index in [1.54, 1.807) is 38.6 Å². The quantitative estimate of drug-likeness (QED) is 0.849. The van der Waals surface area contributed by atoms with Crippen molar-refractivity contribution in [3.05, 3.63) is 54.0 Å². The molecule has 7 heteroatoms. The number of rotatable bonds is 3. The molecule has 1 atom stereocenters. The average Bonchev–Trinajstić information content (AvgIpc) is 2.64. The Morgan fingerprint density at radius 2 is 1.89 bits per heavy atom. The highest BCUT2D eigenvalue weighted by Crippen LogP contribution is 2.39. The lowest BCUT2D eigenvalue weighted by molar-refractivity contribution is 0.0977. The van der Waals surface area contributed by atoms with Gasteiger partial charge < -0.3 is 20.1 Å². The second kappa shape index (κ2) is 6.91. The number of aliphatic imine (C=N–C) groups is 1. The third kappa shape index (κ3) is 3.57. The lowest BCUT2D eigenvalue weighted by Crippen LogP contribution is -2.40. The maximum absolute atomic E-state index is 11.4. The highest BCUT2D eigenvalue weighted by Gasteiger charge is 2.35. The van der Waals surface area contributed by atoms with Gasteiger partial charge in [-0.1, -0.05) is 6.58 Å². The molecule has 2 N–H and O–H groups in total. The van der Waals surface area contributed by atoms with Crippen LogP contribution in [0, 0.1) is 0 Å². The minimum atomic E-state index is -1.37. The molecule has 0 bridgehead atoms. The van der Waals surface area contributed by atoms with Gasteiger partial charge in [-0.15, -0.1) is 0 Å². The van der Waals surface area contributed by atoms with Gasteiger partial charge in [0.05, 0.1) is 18.3 Å². The maximum Gasteiger partial charge on any atom is 0.212 e. The smallest absolute Gasteiger partial charge is 0.212 e. The second-order valence-electron chi connectivity index (χ2n) is 7.98. The topological polar surface area (TPSA) is 82.9 Å². The van der Waals surface area contributed by atoms with Gasteiger partial charge in [-0.2, -0.15) is 0 Å². The zero-order chi connectivity index (χ0) is 20.7. The van der Waals surface area contributed by atoms with Gasteiger partial charge in [0.2, 0.25) is 11.8 Å². The number of pyridine rings is 2. The molecule has 3 rings (SSSR count). The fourth-order valence-electron chi connectivity index (χ4n) is 3.05. The summed E-state index contributed by atoms with van der Waals surface area (Å²) in [6.07, 6.45) is 3.26. The highest BCUT2D eigenvalue weighted by atomic mass is 16.5. The average molecular weight is 381 g/mol. The molecule has 0 spiro atoms. The van der Waals surface area contributed by atoms with Crippen molar-refractivity contribution < 1.29 is 9.84 Å². The van der Waals surface area contributed by atoms with Crippen LogP contribution < -0.4 is 10.1 Å². The Kier molecular flexibility index (Phi) is 4.89. The third-order valence-electron chi connectivity index (χ3n) is 4.63. The lowest BCUT2D eigenvalue weighted by atomic mass is 9.90. The van der Waals surface area contributed by atoms with Crippen LogP contribution in [-0.2, 0) is 5.60 Å². The summed E-state index contributed by atoms with van der Waals surface area (Å²) < 4.78 is 5.11. The number of hydrogen-bond donors (Lipinski definition) is 2. The van der Waals surface area contributed by atoms with Crippen molar-refractivity contribution in [1.29, 1.82) is 0 Å². The number of nitrogens with zero attached hydrogens (tertiary/aromatic N) is 4. The zero-order valence-electron chi connectivity index (χ0n) is 17.2. The van der Waals surface area contributed by atoms with Crippen molar-refractivity contribution in [2.24, 2.45) is 4.99 Å². The van der Waals surface area contributed by atoms with Crippen molar-refractivity contribution >= 4 is 17.3 Å². The number of nitrogens with one attached hydrogen (secondary N) is 1. The molecule has 148 valence electrons. The van der Waals surface area contributed by atoms with E-state index >= 15 is 0 Å². The first-order valence-corrected chi connectivity index (χ1v) is 9.07. The highest BCUT2D eigenvalue weighted by molar-refractivity contribution is 6.05. The van der Waals surface area contributed by atoms with E-state index in [-0.39, 0.29) is 5.54 Å². The van der Waals surface area contributed by atoms with Crippen molar-refractivity contribution in [1.82, 2.24) is 14.9 Å². The molecular formula is C21H27N5O2. The molecule has 0 aromatic carbocycles. The van der Waals surface area contributed by atoms with Crippen molar-refractivity contribution in [3.63, 3.8) is 0 Å². The fourth-order valence-corrected chi connectivity index (χ4v) is 3.05. The van der Waals surface area contributed by atoms with Crippen LogP contribution in [-0.4, -0.2) is 45.6 Å². The summed E-state index contributed by atoms with van der Waals surface area (Å²) in [7, 11) is 3.46. The Hall–Kier alpha value is -2.93. The summed E-state index contributed by atoms with van der Waals surface area (Å²) in [6, 6.07) is 5.37. The van der Waals surface area contributed by atoms with E-state index in [0.29, 0.717) is 28.8 Å². The number of ether oxygens (including phenoxy) is 1. The van der Waals surface area contributed by atoms with Crippen LogP contribution in [0.1, 0.15) is 44.5 Å². The van der Waals surface area contributed by atoms with Crippen LogP contribution in [0.25, 0.3) is 5.70 Å². The first kappa shape index (κ1) is 19.8. The van der Waals surface area contributed by atoms with Crippen LogP contribution >= 0.6 is 0 Å². The van der Waals surface area contributed by atoms with E-state index in [0.717, 1.165) is 11.3 Å². The summed E-state index contributed by atoms with van der Waals surface area (Å²) in [5.41, 5.74) is 1.77. The molecule has 1 aliphatic rings. The summed E-state index contributed by atoms with van der Waals surface area (Å²) in [5.74, 6) is 1.14. The van der Waals surface area contributed by atoms with Crippen molar-refractivity contribution in [3.8, 4) is 5.88 Å². The van der Waals surface area contributed by atoms with E-state index in [4.69, 9.17) is 9.73 Å². The molecule has 2 aromatic heterocycles. The van der Waals surface area contributed by atoms with Crippen LogP contribution in [0.5, 0.6) is 5.88 Å². The number of anilines is 1. The largest absolute Gasteiger partial charge is 0.481 e. The number of aromatic nitrogens is 2. The fraction of sp³-hybridized carbons (Fsp3) is 0.381. The Bertz CT molecular complexity index is 927. The SMILES string of the molecule is C=C1c2ccnc(C(C)(O)c3ccc(OC)nc3)c2NC(=NC(C)(C)C)N1C. The van der Waals surface area contributed by atoms with Gasteiger partial charge >= 0.3 is 0 Å². The second-order valence-corrected chi connectivity index (χ2v) is 7.98. The predicted octanol–water partition coefficient (Wildman–Crippen LogP) is 3.22. The number of methoxy groups -OCH3 is 1. The van der Waals surface area contributed by atoms with Crippen LogP contribution in [0.2, 0.25) is 0 Å². The molecule has 28 heavy (non-hydrogen) atoms. The molecular weight excluding hydrogens is 354 g/mol. The standard InChI is InChI=1S/C21H27N5O2/c1-13-15-10-11-22-18(17(15)24-19(26(13)6)25-20(2,3)4)21(5,27)14-8-9-16(28-7)23-12-14/h8-12,27H,1H2,2-7H3,(H,24,25). The van der Waals surface area contributed by atoms with E-state index in [2.05, 4.69) is 21.9 Å². The Labute approximate surface area is 165 Å². The molecule has 3 heterocycles. The molecule has 2 aromatic rings. The van der Waals surface area contributed by atoms with E-state index in [1.807, 2.05) is 38.8 Å². The van der Waals surface area contributed by atoms with Gasteiger partial charge in [0.25, 0.3) is 0 Å². The molecule has 0 saturated carbocycles. The molecule has 0 amide bonds. The summed E-state index contributed by atoms with van der Waals surface area (Å²) in [5, 5.41) is 14.7. The van der Waals surface area contributed by atoms with Crippen LogP contribution in [0.15, 0.2) is 42.2 Å². The first-order chi connectivity index (χ1) is 13.0. The maximum atomic E-state index is 11.4. The Balaban J connectivity index is 2.12.